The second-order valence-electron chi connectivity index (χ2n) is 5.93. The van der Waals surface area contributed by atoms with Crippen molar-refractivity contribution in [3.63, 3.8) is 0 Å². The molecule has 0 saturated carbocycles. The van der Waals surface area contributed by atoms with Gasteiger partial charge in [-0.15, -0.1) is 0 Å². The molecule has 1 rings (SSSR count). The molecule has 0 aromatic heterocycles. The largest absolute Gasteiger partial charge is 0.550 e. The van der Waals surface area contributed by atoms with E-state index in [0.29, 0.717) is 5.56 Å². The van der Waals surface area contributed by atoms with Gasteiger partial charge in [-0.1, -0.05) is 63.1 Å². The van der Waals surface area contributed by atoms with Crippen LogP contribution in [0.25, 0.3) is 0 Å². The number of hydrogen-bond donors (Lipinski definition) is 1. The van der Waals surface area contributed by atoms with Crippen LogP contribution in [-0.4, -0.2) is 18.4 Å². The molecule has 1 amide bonds. The lowest BCUT2D eigenvalue weighted by molar-refractivity contribution is -0.305. The molecular formula is C19H28NO3-. The molecule has 0 unspecified atom stereocenters. The Bertz CT molecular complexity index is 445. The number of aliphatic carboxylic acids is 1. The molecule has 0 aliphatic rings. The van der Waals surface area contributed by atoms with Gasteiger partial charge in [-0.05, 0) is 31.4 Å². The summed E-state index contributed by atoms with van der Waals surface area (Å²) in [5, 5.41) is 13.2. The highest BCUT2D eigenvalue weighted by atomic mass is 16.4. The molecule has 0 aliphatic carbocycles. The summed E-state index contributed by atoms with van der Waals surface area (Å²) >= 11 is 0. The molecule has 0 atom stereocenters. The van der Waals surface area contributed by atoms with Crippen LogP contribution in [0.5, 0.6) is 0 Å². The van der Waals surface area contributed by atoms with E-state index >= 15 is 0 Å². The fraction of sp³-hybridized carbons (Fsp3) is 0.579. The Morgan fingerprint density at radius 3 is 1.87 bits per heavy atom. The lowest BCUT2D eigenvalue weighted by Crippen LogP contribution is -2.24. The van der Waals surface area contributed by atoms with Gasteiger partial charge in [0.05, 0.1) is 0 Å². The molecule has 0 radical (unpaired) electrons. The van der Waals surface area contributed by atoms with Gasteiger partial charge in [0.25, 0.3) is 5.91 Å². The fourth-order valence-electron chi connectivity index (χ4n) is 2.53. The minimum atomic E-state index is -0.940. The van der Waals surface area contributed by atoms with Crippen LogP contribution in [0, 0.1) is 0 Å². The molecule has 1 aromatic rings. The molecule has 0 heterocycles. The molecular weight excluding hydrogens is 290 g/mol. The summed E-state index contributed by atoms with van der Waals surface area (Å²) in [6, 6.07) is 9.28. The zero-order valence-corrected chi connectivity index (χ0v) is 13.9. The summed E-state index contributed by atoms with van der Waals surface area (Å²) in [4.78, 5) is 22.0. The van der Waals surface area contributed by atoms with Crippen LogP contribution in [0.2, 0.25) is 0 Å². The second kappa shape index (κ2) is 12.7. The summed E-state index contributed by atoms with van der Waals surface area (Å²) in [5.74, 6) is -0.938. The zero-order chi connectivity index (χ0) is 16.8. The molecule has 4 heteroatoms. The molecule has 0 spiro atoms. The van der Waals surface area contributed by atoms with E-state index in [1.807, 2.05) is 30.3 Å². The van der Waals surface area contributed by atoms with Crippen molar-refractivity contribution in [2.45, 2.75) is 64.2 Å². The third kappa shape index (κ3) is 10.5. The van der Waals surface area contributed by atoms with Crippen molar-refractivity contribution in [3.05, 3.63) is 35.9 Å². The number of amides is 1. The Labute approximate surface area is 139 Å². The van der Waals surface area contributed by atoms with Gasteiger partial charge in [0.2, 0.25) is 0 Å². The van der Waals surface area contributed by atoms with E-state index in [1.54, 1.807) is 0 Å². The topological polar surface area (TPSA) is 69.2 Å². The summed E-state index contributed by atoms with van der Waals surface area (Å²) in [6.45, 7) is 0.733. The summed E-state index contributed by atoms with van der Waals surface area (Å²) in [6.07, 6.45) is 9.98. The lowest BCUT2D eigenvalue weighted by atomic mass is 10.1. The average molecular weight is 318 g/mol. The normalized spacial score (nSPS) is 10.4. The predicted octanol–water partition coefficient (Wildman–Crippen LogP) is 3.07. The maximum absolute atomic E-state index is 11.8. The summed E-state index contributed by atoms with van der Waals surface area (Å²) < 4.78 is 0. The van der Waals surface area contributed by atoms with Gasteiger partial charge in [-0.3, -0.25) is 4.79 Å². The van der Waals surface area contributed by atoms with Crippen molar-refractivity contribution in [2.24, 2.45) is 0 Å². The fourth-order valence-corrected chi connectivity index (χ4v) is 2.53. The molecule has 0 saturated heterocycles. The zero-order valence-electron chi connectivity index (χ0n) is 13.9. The van der Waals surface area contributed by atoms with Gasteiger partial charge in [0.1, 0.15) is 0 Å². The first-order chi connectivity index (χ1) is 11.2. The Balaban J connectivity index is 1.85. The molecule has 1 N–H and O–H groups in total. The maximum atomic E-state index is 11.8. The quantitative estimate of drug-likeness (QED) is 0.568. The minimum Gasteiger partial charge on any atom is -0.550 e. The Kier molecular flexibility index (Phi) is 10.6. The van der Waals surface area contributed by atoms with Crippen molar-refractivity contribution < 1.29 is 14.7 Å². The third-order valence-electron chi connectivity index (χ3n) is 3.88. The number of carbonyl (C=O) groups is 2. The van der Waals surface area contributed by atoms with Crippen LogP contribution in [0.4, 0.5) is 0 Å². The lowest BCUT2D eigenvalue weighted by Gasteiger charge is -2.05. The van der Waals surface area contributed by atoms with Gasteiger partial charge < -0.3 is 15.2 Å². The number of carbonyl (C=O) groups excluding carboxylic acids is 2. The standard InChI is InChI=1S/C19H29NO3/c21-18(22)15-11-6-4-2-1-3-5-7-12-16-20-19(23)17-13-9-8-10-14-17/h8-10,13-14H,1-7,11-12,15-16H2,(H,20,23)(H,21,22)/p-1. The highest BCUT2D eigenvalue weighted by molar-refractivity contribution is 5.94. The highest BCUT2D eigenvalue weighted by Crippen LogP contribution is 2.10. The first kappa shape index (κ1) is 19.2. The van der Waals surface area contributed by atoms with Crippen LogP contribution >= 0.6 is 0 Å². The van der Waals surface area contributed by atoms with Gasteiger partial charge >= 0.3 is 0 Å². The molecule has 1 aromatic carbocycles. The van der Waals surface area contributed by atoms with Gasteiger partial charge in [0.15, 0.2) is 0 Å². The average Bonchev–Trinajstić information content (AvgIpc) is 2.56. The SMILES string of the molecule is O=C([O-])CCCCCCCCCCCNC(=O)c1ccccc1. The number of carboxylic acid groups (broad SMARTS) is 1. The number of benzene rings is 1. The summed E-state index contributed by atoms with van der Waals surface area (Å²) in [5.41, 5.74) is 0.714. The van der Waals surface area contributed by atoms with E-state index in [0.717, 1.165) is 38.6 Å². The molecule has 23 heavy (non-hydrogen) atoms. The van der Waals surface area contributed by atoms with Crippen molar-refractivity contribution >= 4 is 11.9 Å². The molecule has 0 fully saturated rings. The Morgan fingerprint density at radius 2 is 1.30 bits per heavy atom. The molecule has 0 bridgehead atoms. The summed E-state index contributed by atoms with van der Waals surface area (Å²) in [7, 11) is 0. The first-order valence-corrected chi connectivity index (χ1v) is 8.73. The third-order valence-corrected chi connectivity index (χ3v) is 3.88. The van der Waals surface area contributed by atoms with Crippen LogP contribution in [-0.2, 0) is 4.79 Å². The van der Waals surface area contributed by atoms with E-state index in [1.165, 1.54) is 25.7 Å². The number of rotatable bonds is 13. The van der Waals surface area contributed by atoms with Gasteiger partial charge in [0, 0.05) is 18.1 Å². The molecule has 0 aliphatic heterocycles. The monoisotopic (exact) mass is 318 g/mol. The molecule has 128 valence electrons. The van der Waals surface area contributed by atoms with E-state index in [9.17, 15) is 14.7 Å². The maximum Gasteiger partial charge on any atom is 0.251 e. The predicted molar refractivity (Wildman–Crippen MR) is 90.0 cm³/mol. The van der Waals surface area contributed by atoms with Crippen LogP contribution in [0.1, 0.15) is 74.6 Å². The highest BCUT2D eigenvalue weighted by Gasteiger charge is 2.02. The smallest absolute Gasteiger partial charge is 0.251 e. The van der Waals surface area contributed by atoms with Crippen molar-refractivity contribution in [1.82, 2.24) is 5.32 Å². The van der Waals surface area contributed by atoms with Crippen LogP contribution in [0.15, 0.2) is 30.3 Å². The van der Waals surface area contributed by atoms with E-state index in [-0.39, 0.29) is 12.3 Å². The van der Waals surface area contributed by atoms with Gasteiger partial charge in [-0.25, -0.2) is 0 Å². The number of nitrogens with one attached hydrogen (secondary N) is 1. The molecule has 4 nitrogen and oxygen atoms in total. The van der Waals surface area contributed by atoms with Crippen LogP contribution in [0.3, 0.4) is 0 Å². The van der Waals surface area contributed by atoms with Gasteiger partial charge in [-0.2, -0.15) is 0 Å². The van der Waals surface area contributed by atoms with Crippen LogP contribution < -0.4 is 10.4 Å². The minimum absolute atomic E-state index is 0.00200. The second-order valence-corrected chi connectivity index (χ2v) is 5.93. The Hall–Kier alpha value is -1.84. The van der Waals surface area contributed by atoms with E-state index < -0.39 is 5.97 Å². The number of unbranched alkanes of at least 4 members (excludes halogenated alkanes) is 8. The Morgan fingerprint density at radius 1 is 0.783 bits per heavy atom. The van der Waals surface area contributed by atoms with Crippen molar-refractivity contribution in [2.75, 3.05) is 6.54 Å². The van der Waals surface area contributed by atoms with E-state index in [2.05, 4.69) is 5.32 Å². The number of carboxylic acids is 1. The first-order valence-electron chi connectivity index (χ1n) is 8.73. The van der Waals surface area contributed by atoms with E-state index in [4.69, 9.17) is 0 Å². The van der Waals surface area contributed by atoms with Crippen molar-refractivity contribution in [1.29, 1.82) is 0 Å². The number of hydrogen-bond acceptors (Lipinski definition) is 3. The van der Waals surface area contributed by atoms with Crippen molar-refractivity contribution in [3.8, 4) is 0 Å².